The molecule has 26 heavy (non-hydrogen) atoms. The summed E-state index contributed by atoms with van der Waals surface area (Å²) in [4.78, 5) is 11.5. The first-order valence-corrected chi connectivity index (χ1v) is 9.62. The van der Waals surface area contributed by atoms with Crippen molar-refractivity contribution >= 4 is 0 Å². The van der Waals surface area contributed by atoms with Crippen molar-refractivity contribution in [2.24, 2.45) is 0 Å². The molecule has 0 amide bonds. The van der Waals surface area contributed by atoms with Gasteiger partial charge in [-0.15, -0.1) is 0 Å². The van der Waals surface area contributed by atoms with Crippen LogP contribution in [0.4, 0.5) is 0 Å². The van der Waals surface area contributed by atoms with E-state index in [2.05, 4.69) is 62.0 Å². The van der Waals surface area contributed by atoms with Crippen LogP contribution in [-0.2, 0) is 6.54 Å². The lowest BCUT2D eigenvalue weighted by Gasteiger charge is -2.31. The lowest BCUT2D eigenvalue weighted by atomic mass is 10.0. The van der Waals surface area contributed by atoms with E-state index in [1.807, 2.05) is 18.5 Å². The van der Waals surface area contributed by atoms with Gasteiger partial charge >= 0.3 is 0 Å². The Bertz CT molecular complexity index is 789. The number of aromatic nitrogens is 3. The van der Waals surface area contributed by atoms with Crippen LogP contribution in [0.25, 0.3) is 11.4 Å². The minimum Gasteiger partial charge on any atom is -0.329 e. The molecule has 1 aromatic carbocycles. The highest BCUT2D eigenvalue weighted by molar-refractivity contribution is 5.53. The Morgan fingerprint density at radius 2 is 1.69 bits per heavy atom. The summed E-state index contributed by atoms with van der Waals surface area (Å²) in [5, 5.41) is 0. The van der Waals surface area contributed by atoms with Gasteiger partial charge in [-0.3, -0.25) is 9.88 Å². The molecule has 4 rings (SSSR count). The maximum absolute atomic E-state index is 4.60. The van der Waals surface area contributed by atoms with E-state index < -0.39 is 0 Å². The molecule has 0 bridgehead atoms. The average molecular weight is 346 g/mol. The minimum absolute atomic E-state index is 0.374. The lowest BCUT2D eigenvalue weighted by Crippen LogP contribution is -2.32. The Morgan fingerprint density at radius 3 is 2.42 bits per heavy atom. The van der Waals surface area contributed by atoms with Crippen molar-refractivity contribution in [2.45, 2.75) is 38.3 Å². The monoisotopic (exact) mass is 346 g/mol. The smallest absolute Gasteiger partial charge is 0.141 e. The van der Waals surface area contributed by atoms with E-state index in [-0.39, 0.29) is 0 Å². The van der Waals surface area contributed by atoms with Crippen molar-refractivity contribution in [3.8, 4) is 11.4 Å². The molecule has 1 atom stereocenters. The molecule has 1 saturated heterocycles. The quantitative estimate of drug-likeness (QED) is 0.679. The zero-order valence-corrected chi connectivity index (χ0v) is 15.2. The number of likely N-dealkylation sites (tertiary alicyclic amines) is 1. The highest BCUT2D eigenvalue weighted by atomic mass is 15.2. The summed E-state index contributed by atoms with van der Waals surface area (Å²) in [5.41, 5.74) is 2.46. The first kappa shape index (κ1) is 17.0. The molecule has 134 valence electrons. The van der Waals surface area contributed by atoms with Crippen molar-refractivity contribution in [1.29, 1.82) is 0 Å². The van der Waals surface area contributed by atoms with Crippen LogP contribution < -0.4 is 0 Å². The molecule has 4 nitrogen and oxygen atoms in total. The van der Waals surface area contributed by atoms with Gasteiger partial charge in [0.05, 0.1) is 6.04 Å². The molecular weight excluding hydrogens is 320 g/mol. The van der Waals surface area contributed by atoms with E-state index >= 15 is 0 Å². The molecule has 1 aliphatic rings. The third-order valence-corrected chi connectivity index (χ3v) is 5.27. The van der Waals surface area contributed by atoms with Crippen LogP contribution in [-0.4, -0.2) is 32.5 Å². The van der Waals surface area contributed by atoms with Gasteiger partial charge in [0, 0.05) is 36.9 Å². The fourth-order valence-corrected chi connectivity index (χ4v) is 3.91. The van der Waals surface area contributed by atoms with Crippen molar-refractivity contribution in [3.05, 3.63) is 72.8 Å². The predicted molar refractivity (Wildman–Crippen MR) is 105 cm³/mol. The molecule has 0 saturated carbocycles. The standard InChI is InChI=1S/C22H26N4/c1-2-7-15-25(14-6-1)21(19-9-4-3-5-10-19)18-26-16-13-24-22(26)20-11-8-12-23-17-20/h3-5,8-13,16-17,21H,1-2,6-7,14-15,18H2. The van der Waals surface area contributed by atoms with Gasteiger partial charge in [-0.05, 0) is 43.6 Å². The Kier molecular flexibility index (Phi) is 5.41. The van der Waals surface area contributed by atoms with Crippen molar-refractivity contribution in [1.82, 2.24) is 19.4 Å². The Morgan fingerprint density at radius 1 is 0.885 bits per heavy atom. The molecule has 3 aromatic rings. The molecule has 0 aliphatic carbocycles. The summed E-state index contributed by atoms with van der Waals surface area (Å²) in [6.45, 7) is 3.27. The van der Waals surface area contributed by atoms with Crippen LogP contribution in [0.2, 0.25) is 0 Å². The minimum atomic E-state index is 0.374. The number of imidazole rings is 1. The van der Waals surface area contributed by atoms with Gasteiger partial charge in [0.15, 0.2) is 0 Å². The van der Waals surface area contributed by atoms with Gasteiger partial charge in [-0.2, -0.15) is 0 Å². The van der Waals surface area contributed by atoms with Gasteiger partial charge in [0.1, 0.15) is 5.82 Å². The fourth-order valence-electron chi connectivity index (χ4n) is 3.91. The molecule has 1 fully saturated rings. The first-order chi connectivity index (χ1) is 12.9. The molecule has 0 radical (unpaired) electrons. The number of hydrogen-bond donors (Lipinski definition) is 0. The molecule has 3 heterocycles. The second-order valence-electron chi connectivity index (χ2n) is 7.02. The average Bonchev–Trinajstić information content (AvgIpc) is 3.00. The highest BCUT2D eigenvalue weighted by Crippen LogP contribution is 2.28. The molecule has 4 heteroatoms. The third kappa shape index (κ3) is 3.86. The fraction of sp³-hybridized carbons (Fsp3) is 0.364. The maximum atomic E-state index is 4.60. The summed E-state index contributed by atoms with van der Waals surface area (Å²) in [6, 6.07) is 15.3. The number of rotatable bonds is 5. The van der Waals surface area contributed by atoms with E-state index in [9.17, 15) is 0 Å². The van der Waals surface area contributed by atoms with Gasteiger partial charge in [0.25, 0.3) is 0 Å². The van der Waals surface area contributed by atoms with E-state index in [0.717, 1.165) is 17.9 Å². The normalized spacial score (nSPS) is 16.9. The maximum Gasteiger partial charge on any atom is 0.141 e. The third-order valence-electron chi connectivity index (χ3n) is 5.27. The SMILES string of the molecule is c1ccc(C(Cn2ccnc2-c2cccnc2)N2CCCCCC2)cc1. The Labute approximate surface area is 155 Å². The highest BCUT2D eigenvalue weighted by Gasteiger charge is 2.23. The molecule has 2 aromatic heterocycles. The lowest BCUT2D eigenvalue weighted by molar-refractivity contribution is 0.186. The van der Waals surface area contributed by atoms with E-state index in [1.165, 1.54) is 44.3 Å². The first-order valence-electron chi connectivity index (χ1n) is 9.62. The summed E-state index contributed by atoms with van der Waals surface area (Å²) >= 11 is 0. The van der Waals surface area contributed by atoms with E-state index in [0.29, 0.717) is 6.04 Å². The predicted octanol–water partition coefficient (Wildman–Crippen LogP) is 4.56. The van der Waals surface area contributed by atoms with Crippen LogP contribution in [0.3, 0.4) is 0 Å². The zero-order chi connectivity index (χ0) is 17.6. The number of pyridine rings is 1. The van der Waals surface area contributed by atoms with Gasteiger partial charge in [-0.1, -0.05) is 43.2 Å². The van der Waals surface area contributed by atoms with Crippen LogP contribution >= 0.6 is 0 Å². The Balaban J connectivity index is 1.64. The summed E-state index contributed by atoms with van der Waals surface area (Å²) in [5.74, 6) is 0.994. The Hall–Kier alpha value is -2.46. The summed E-state index contributed by atoms with van der Waals surface area (Å²) in [7, 11) is 0. The van der Waals surface area contributed by atoms with E-state index in [1.54, 1.807) is 6.20 Å². The van der Waals surface area contributed by atoms with Crippen molar-refractivity contribution < 1.29 is 0 Å². The van der Waals surface area contributed by atoms with Crippen LogP contribution in [0.15, 0.2) is 67.3 Å². The molecule has 1 aliphatic heterocycles. The van der Waals surface area contributed by atoms with Crippen LogP contribution in [0.5, 0.6) is 0 Å². The van der Waals surface area contributed by atoms with E-state index in [4.69, 9.17) is 0 Å². The number of benzene rings is 1. The topological polar surface area (TPSA) is 34.0 Å². The van der Waals surface area contributed by atoms with Gasteiger partial charge in [-0.25, -0.2) is 4.98 Å². The van der Waals surface area contributed by atoms with Gasteiger partial charge < -0.3 is 4.57 Å². The van der Waals surface area contributed by atoms with Crippen molar-refractivity contribution in [2.75, 3.05) is 13.1 Å². The molecule has 0 spiro atoms. The molecule has 0 N–H and O–H groups in total. The summed E-state index contributed by atoms with van der Waals surface area (Å²) < 4.78 is 2.28. The van der Waals surface area contributed by atoms with Crippen LogP contribution in [0.1, 0.15) is 37.3 Å². The largest absolute Gasteiger partial charge is 0.329 e. The van der Waals surface area contributed by atoms with Crippen LogP contribution in [0, 0.1) is 0 Å². The molecule has 1 unspecified atom stereocenters. The number of hydrogen-bond acceptors (Lipinski definition) is 3. The second kappa shape index (κ2) is 8.28. The zero-order valence-electron chi connectivity index (χ0n) is 15.2. The van der Waals surface area contributed by atoms with Crippen molar-refractivity contribution in [3.63, 3.8) is 0 Å². The number of nitrogens with zero attached hydrogens (tertiary/aromatic N) is 4. The van der Waals surface area contributed by atoms with Gasteiger partial charge in [0.2, 0.25) is 0 Å². The molecular formula is C22H26N4. The summed E-state index contributed by atoms with van der Waals surface area (Å²) in [6.07, 6.45) is 13.0. The second-order valence-corrected chi connectivity index (χ2v) is 7.02.